The van der Waals surface area contributed by atoms with Crippen molar-refractivity contribution in [3.63, 3.8) is 0 Å². The van der Waals surface area contributed by atoms with Crippen LogP contribution in [0.2, 0.25) is 0 Å². The van der Waals surface area contributed by atoms with Gasteiger partial charge in [-0.25, -0.2) is 9.97 Å². The first-order valence-electron chi connectivity index (χ1n) is 9.11. The molecule has 0 saturated heterocycles. The highest BCUT2D eigenvalue weighted by Gasteiger charge is 2.20. The highest BCUT2D eigenvalue weighted by atomic mass is 16.3. The number of aromatic nitrogens is 5. The molecule has 0 saturated carbocycles. The van der Waals surface area contributed by atoms with Gasteiger partial charge in [-0.1, -0.05) is 6.07 Å². The Hall–Kier alpha value is -3.26. The average Bonchev–Trinajstić information content (AvgIpc) is 3.31. The zero-order valence-corrected chi connectivity index (χ0v) is 16.4. The van der Waals surface area contributed by atoms with Crippen LogP contribution in [0.4, 0.5) is 5.82 Å². The zero-order chi connectivity index (χ0) is 19.7. The molecule has 1 N–H and O–H groups in total. The van der Waals surface area contributed by atoms with Crippen molar-refractivity contribution in [2.24, 2.45) is 7.05 Å². The number of fused-ring (bicyclic) bond motifs is 1. The fourth-order valence-corrected chi connectivity index (χ4v) is 3.29. The van der Waals surface area contributed by atoms with Crippen LogP contribution in [0.3, 0.4) is 0 Å². The summed E-state index contributed by atoms with van der Waals surface area (Å²) in [6, 6.07) is 9.65. The lowest BCUT2D eigenvalue weighted by Gasteiger charge is -2.23. The van der Waals surface area contributed by atoms with Crippen molar-refractivity contribution < 1.29 is 4.42 Å². The molecule has 4 rings (SSSR count). The van der Waals surface area contributed by atoms with Gasteiger partial charge in [0, 0.05) is 19.8 Å². The predicted molar refractivity (Wildman–Crippen MR) is 108 cm³/mol. The molecule has 1 unspecified atom stereocenters. The van der Waals surface area contributed by atoms with E-state index in [1.54, 1.807) is 17.1 Å². The lowest BCUT2D eigenvalue weighted by Crippen LogP contribution is -2.26. The van der Waals surface area contributed by atoms with Gasteiger partial charge in [-0.05, 0) is 45.3 Å². The Morgan fingerprint density at radius 3 is 2.71 bits per heavy atom. The van der Waals surface area contributed by atoms with Crippen LogP contribution in [0, 0.1) is 6.92 Å². The number of nitrogens with zero attached hydrogens (tertiary/aromatic N) is 6. The van der Waals surface area contributed by atoms with Crippen molar-refractivity contribution in [1.82, 2.24) is 29.6 Å². The third-order valence-electron chi connectivity index (χ3n) is 4.71. The van der Waals surface area contributed by atoms with E-state index in [9.17, 15) is 0 Å². The molecule has 0 aliphatic carbocycles. The second kappa shape index (κ2) is 7.40. The van der Waals surface area contributed by atoms with Gasteiger partial charge in [0.1, 0.15) is 17.3 Å². The van der Waals surface area contributed by atoms with Crippen LogP contribution in [-0.4, -0.2) is 50.3 Å². The van der Waals surface area contributed by atoms with Crippen LogP contribution in [0.1, 0.15) is 17.5 Å². The van der Waals surface area contributed by atoms with Gasteiger partial charge in [0.2, 0.25) is 0 Å². The molecule has 0 fully saturated rings. The fraction of sp³-hybridized carbons (Fsp3) is 0.300. The van der Waals surface area contributed by atoms with Crippen molar-refractivity contribution >= 4 is 16.9 Å². The van der Waals surface area contributed by atoms with Gasteiger partial charge < -0.3 is 9.73 Å². The third-order valence-corrected chi connectivity index (χ3v) is 4.71. The highest BCUT2D eigenvalue weighted by molar-refractivity contribution is 5.90. The van der Waals surface area contributed by atoms with E-state index in [2.05, 4.69) is 20.3 Å². The quantitative estimate of drug-likeness (QED) is 0.553. The second-order valence-electron chi connectivity index (χ2n) is 6.89. The number of likely N-dealkylation sites (N-methyl/N-ethyl adjacent to an activating group) is 1. The summed E-state index contributed by atoms with van der Waals surface area (Å²) < 4.78 is 7.39. The molecule has 8 nitrogen and oxygen atoms in total. The molecule has 1 atom stereocenters. The Labute approximate surface area is 163 Å². The molecule has 0 aromatic carbocycles. The molecule has 4 heterocycles. The predicted octanol–water partition coefficient (Wildman–Crippen LogP) is 3.04. The van der Waals surface area contributed by atoms with Crippen molar-refractivity contribution in [2.75, 3.05) is 26.0 Å². The van der Waals surface area contributed by atoms with Crippen LogP contribution in [0.5, 0.6) is 0 Å². The highest BCUT2D eigenvalue weighted by Crippen LogP contribution is 2.28. The minimum absolute atomic E-state index is 0.0651. The largest absolute Gasteiger partial charge is 0.468 e. The summed E-state index contributed by atoms with van der Waals surface area (Å²) >= 11 is 0. The number of pyridine rings is 1. The summed E-state index contributed by atoms with van der Waals surface area (Å²) in [4.78, 5) is 16.0. The summed E-state index contributed by atoms with van der Waals surface area (Å²) in [6.45, 7) is 2.59. The molecule has 8 heteroatoms. The molecule has 0 radical (unpaired) electrons. The molecule has 0 bridgehead atoms. The Morgan fingerprint density at radius 2 is 2.04 bits per heavy atom. The third kappa shape index (κ3) is 3.34. The average molecular weight is 377 g/mol. The Bertz CT molecular complexity index is 1070. The van der Waals surface area contributed by atoms with E-state index in [0.717, 1.165) is 34.0 Å². The fourth-order valence-electron chi connectivity index (χ4n) is 3.29. The maximum Gasteiger partial charge on any atom is 0.182 e. The van der Waals surface area contributed by atoms with Crippen LogP contribution in [0.25, 0.3) is 22.6 Å². The summed E-state index contributed by atoms with van der Waals surface area (Å²) in [6.07, 6.45) is 3.43. The summed E-state index contributed by atoms with van der Waals surface area (Å²) in [5, 5.41) is 8.93. The number of hydrogen-bond donors (Lipinski definition) is 1. The molecule has 4 aromatic heterocycles. The monoisotopic (exact) mass is 377 g/mol. The lowest BCUT2D eigenvalue weighted by molar-refractivity contribution is 0.269. The first-order chi connectivity index (χ1) is 13.5. The van der Waals surface area contributed by atoms with Crippen molar-refractivity contribution in [1.29, 1.82) is 0 Å². The number of hydrogen-bond acceptors (Lipinski definition) is 7. The van der Waals surface area contributed by atoms with Gasteiger partial charge >= 0.3 is 0 Å². The number of nitrogens with one attached hydrogen (secondary N) is 1. The summed E-state index contributed by atoms with van der Waals surface area (Å²) in [5.41, 5.74) is 2.38. The summed E-state index contributed by atoms with van der Waals surface area (Å²) in [5.74, 6) is 2.21. The molecule has 4 aromatic rings. The van der Waals surface area contributed by atoms with Gasteiger partial charge in [0.05, 0.1) is 23.4 Å². The molecular formula is C20H23N7O. The molecule has 28 heavy (non-hydrogen) atoms. The smallest absolute Gasteiger partial charge is 0.182 e. The topological polar surface area (TPSA) is 84.9 Å². The number of aryl methyl sites for hydroxylation is 2. The van der Waals surface area contributed by atoms with E-state index in [0.29, 0.717) is 12.4 Å². The first-order valence-corrected chi connectivity index (χ1v) is 9.11. The van der Waals surface area contributed by atoms with E-state index >= 15 is 0 Å². The van der Waals surface area contributed by atoms with Crippen molar-refractivity contribution in [2.45, 2.75) is 13.0 Å². The van der Waals surface area contributed by atoms with E-state index in [-0.39, 0.29) is 6.04 Å². The van der Waals surface area contributed by atoms with E-state index in [4.69, 9.17) is 14.4 Å². The number of furan rings is 1. The zero-order valence-electron chi connectivity index (χ0n) is 16.4. The van der Waals surface area contributed by atoms with Gasteiger partial charge in [-0.2, -0.15) is 5.10 Å². The first kappa shape index (κ1) is 18.1. The minimum Gasteiger partial charge on any atom is -0.468 e. The van der Waals surface area contributed by atoms with Crippen LogP contribution in [0.15, 0.2) is 47.2 Å². The SMILES string of the molecule is Cc1nn(C)c2nc(-c3ccccn3)nc(NCC(c3ccco3)N(C)C)c12. The number of anilines is 1. The maximum absolute atomic E-state index is 5.61. The standard InChI is InChI=1S/C20H23N7O/c1-13-17-19(22-12-15(26(2)3)16-9-7-11-28-16)23-18(14-8-5-6-10-21-14)24-20(17)27(4)25-13/h5-11,15H,12H2,1-4H3,(H,22,23,24). The number of rotatable bonds is 6. The Balaban J connectivity index is 1.75. The lowest BCUT2D eigenvalue weighted by atomic mass is 10.2. The Kier molecular flexibility index (Phi) is 4.79. The molecule has 0 aliphatic heterocycles. The second-order valence-corrected chi connectivity index (χ2v) is 6.89. The van der Waals surface area contributed by atoms with Crippen LogP contribution < -0.4 is 5.32 Å². The van der Waals surface area contributed by atoms with Gasteiger partial charge in [-0.15, -0.1) is 0 Å². The maximum atomic E-state index is 5.61. The molecular weight excluding hydrogens is 354 g/mol. The van der Waals surface area contributed by atoms with Crippen LogP contribution >= 0.6 is 0 Å². The van der Waals surface area contributed by atoms with E-state index in [1.807, 2.05) is 58.4 Å². The van der Waals surface area contributed by atoms with Crippen molar-refractivity contribution in [3.05, 3.63) is 54.2 Å². The molecule has 0 aliphatic rings. The molecule has 0 amide bonds. The minimum atomic E-state index is 0.0651. The van der Waals surface area contributed by atoms with E-state index < -0.39 is 0 Å². The Morgan fingerprint density at radius 1 is 1.18 bits per heavy atom. The summed E-state index contributed by atoms with van der Waals surface area (Å²) in [7, 11) is 5.94. The normalized spacial score (nSPS) is 12.6. The van der Waals surface area contributed by atoms with E-state index in [1.165, 1.54) is 0 Å². The van der Waals surface area contributed by atoms with Crippen molar-refractivity contribution in [3.8, 4) is 11.5 Å². The van der Waals surface area contributed by atoms with Gasteiger partial charge in [0.25, 0.3) is 0 Å². The van der Waals surface area contributed by atoms with Gasteiger partial charge in [0.15, 0.2) is 11.5 Å². The molecule has 144 valence electrons. The molecule has 0 spiro atoms. The van der Waals surface area contributed by atoms with Crippen LogP contribution in [-0.2, 0) is 7.05 Å². The van der Waals surface area contributed by atoms with Gasteiger partial charge in [-0.3, -0.25) is 14.6 Å².